The van der Waals surface area contributed by atoms with Gasteiger partial charge in [-0.2, -0.15) is 0 Å². The Labute approximate surface area is 94.6 Å². The minimum atomic E-state index is 0.0607. The number of fused-ring (bicyclic) bond motifs is 2. The summed E-state index contributed by atoms with van der Waals surface area (Å²) in [5.41, 5.74) is 0.963. The fraction of sp³-hybridized carbons (Fsp3) is 0.583. The molecule has 2 heterocycles. The third kappa shape index (κ3) is 1.40. The van der Waals surface area contributed by atoms with Gasteiger partial charge in [0.15, 0.2) is 0 Å². The van der Waals surface area contributed by atoms with Gasteiger partial charge in [-0.25, -0.2) is 0 Å². The molecule has 2 unspecified atom stereocenters. The van der Waals surface area contributed by atoms with Crippen molar-refractivity contribution in [3.63, 3.8) is 0 Å². The molecule has 4 heteroatoms. The molecule has 86 valence electrons. The second kappa shape index (κ2) is 3.54. The highest BCUT2D eigenvalue weighted by atomic mass is 16.3. The number of carbonyl (C=O) groups is 1. The van der Waals surface area contributed by atoms with Crippen molar-refractivity contribution in [1.29, 1.82) is 0 Å². The zero-order chi connectivity index (χ0) is 11.1. The van der Waals surface area contributed by atoms with Gasteiger partial charge < -0.3 is 9.73 Å². The van der Waals surface area contributed by atoms with Crippen molar-refractivity contribution in [2.24, 2.45) is 5.92 Å². The Balaban J connectivity index is 1.99. The van der Waals surface area contributed by atoms with Crippen LogP contribution in [0.3, 0.4) is 0 Å². The van der Waals surface area contributed by atoms with E-state index in [1.54, 1.807) is 18.1 Å². The number of nitrogens with zero attached hydrogens (tertiary/aromatic N) is 1. The molecule has 16 heavy (non-hydrogen) atoms. The first-order chi connectivity index (χ1) is 7.75. The number of carbonyl (C=O) groups excluding carboxylic acids is 1. The van der Waals surface area contributed by atoms with Gasteiger partial charge in [-0.05, 0) is 18.8 Å². The summed E-state index contributed by atoms with van der Waals surface area (Å²) < 4.78 is 5.42. The molecule has 1 aliphatic carbocycles. The van der Waals surface area contributed by atoms with E-state index in [9.17, 15) is 4.79 Å². The molecule has 2 atom stereocenters. The number of hydrogen-bond acceptors (Lipinski definition) is 3. The van der Waals surface area contributed by atoms with Gasteiger partial charge in [-0.1, -0.05) is 6.42 Å². The van der Waals surface area contributed by atoms with Gasteiger partial charge in [0.2, 0.25) is 11.8 Å². The van der Waals surface area contributed by atoms with Gasteiger partial charge in [0.25, 0.3) is 0 Å². The number of anilines is 2. The highest BCUT2D eigenvalue weighted by Crippen LogP contribution is 2.38. The van der Waals surface area contributed by atoms with Crippen LogP contribution in [-0.4, -0.2) is 18.5 Å². The van der Waals surface area contributed by atoms with Gasteiger partial charge >= 0.3 is 0 Å². The van der Waals surface area contributed by atoms with E-state index in [-0.39, 0.29) is 5.91 Å². The SMILES string of the molecule is CC(=O)N1CC2CCCC2Nc2ccoc21. The van der Waals surface area contributed by atoms with E-state index in [2.05, 4.69) is 5.32 Å². The van der Waals surface area contributed by atoms with Crippen LogP contribution in [0.25, 0.3) is 0 Å². The molecule has 2 aliphatic rings. The normalized spacial score (nSPS) is 27.9. The second-order valence-electron chi connectivity index (χ2n) is 4.71. The molecule has 0 spiro atoms. The van der Waals surface area contributed by atoms with E-state index >= 15 is 0 Å². The van der Waals surface area contributed by atoms with Crippen LogP contribution < -0.4 is 10.2 Å². The van der Waals surface area contributed by atoms with Crippen molar-refractivity contribution in [1.82, 2.24) is 0 Å². The Morgan fingerprint density at radius 1 is 1.56 bits per heavy atom. The lowest BCUT2D eigenvalue weighted by atomic mass is 10.0. The van der Waals surface area contributed by atoms with E-state index in [1.165, 1.54) is 19.3 Å². The van der Waals surface area contributed by atoms with E-state index < -0.39 is 0 Å². The minimum absolute atomic E-state index is 0.0607. The average Bonchev–Trinajstić information content (AvgIpc) is 2.83. The molecule has 1 fully saturated rings. The largest absolute Gasteiger partial charge is 0.446 e. The summed E-state index contributed by atoms with van der Waals surface area (Å²) in [7, 11) is 0. The van der Waals surface area contributed by atoms with Crippen LogP contribution >= 0.6 is 0 Å². The monoisotopic (exact) mass is 220 g/mol. The van der Waals surface area contributed by atoms with Crippen LogP contribution in [0, 0.1) is 5.92 Å². The predicted molar refractivity (Wildman–Crippen MR) is 61.5 cm³/mol. The molecule has 1 N–H and O–H groups in total. The van der Waals surface area contributed by atoms with Gasteiger partial charge in [0, 0.05) is 25.6 Å². The summed E-state index contributed by atoms with van der Waals surface area (Å²) >= 11 is 0. The lowest BCUT2D eigenvalue weighted by Gasteiger charge is -2.21. The summed E-state index contributed by atoms with van der Waals surface area (Å²) in [4.78, 5) is 13.4. The van der Waals surface area contributed by atoms with E-state index in [0.29, 0.717) is 17.8 Å². The Hall–Kier alpha value is -1.45. The molecule has 3 rings (SSSR count). The van der Waals surface area contributed by atoms with E-state index in [0.717, 1.165) is 12.2 Å². The standard InChI is InChI=1S/C12H16N2O2/c1-8(15)14-7-9-3-2-4-10(9)13-11-5-6-16-12(11)14/h5-6,9-10,13H,2-4,7H2,1H3. The maximum Gasteiger partial charge on any atom is 0.226 e. The zero-order valence-electron chi connectivity index (χ0n) is 9.40. The lowest BCUT2D eigenvalue weighted by molar-refractivity contribution is -0.116. The number of furan rings is 1. The molecule has 0 radical (unpaired) electrons. The molecular formula is C12H16N2O2. The third-order valence-electron chi connectivity index (χ3n) is 3.69. The minimum Gasteiger partial charge on any atom is -0.446 e. The summed E-state index contributed by atoms with van der Waals surface area (Å²) in [6, 6.07) is 2.41. The molecule has 0 saturated heterocycles. The Kier molecular flexibility index (Phi) is 2.16. The van der Waals surface area contributed by atoms with Crippen LogP contribution in [0.4, 0.5) is 11.6 Å². The Bertz CT molecular complexity index is 413. The van der Waals surface area contributed by atoms with Crippen LogP contribution in [0.2, 0.25) is 0 Å². The molecule has 1 aliphatic heterocycles. The molecule has 0 aromatic carbocycles. The zero-order valence-corrected chi connectivity index (χ0v) is 9.40. The summed E-state index contributed by atoms with van der Waals surface area (Å²) in [5.74, 6) is 1.30. The Morgan fingerprint density at radius 2 is 2.44 bits per heavy atom. The third-order valence-corrected chi connectivity index (χ3v) is 3.69. The average molecular weight is 220 g/mol. The maximum absolute atomic E-state index is 11.6. The van der Waals surface area contributed by atoms with E-state index in [4.69, 9.17) is 4.42 Å². The van der Waals surface area contributed by atoms with Crippen molar-refractivity contribution in [3.8, 4) is 0 Å². The molecule has 1 aromatic heterocycles. The first kappa shape index (κ1) is 9.75. The molecule has 4 nitrogen and oxygen atoms in total. The lowest BCUT2D eigenvalue weighted by Crippen LogP contribution is -2.35. The fourth-order valence-corrected chi connectivity index (χ4v) is 2.85. The first-order valence-corrected chi connectivity index (χ1v) is 5.88. The summed E-state index contributed by atoms with van der Waals surface area (Å²) in [5, 5.41) is 3.50. The summed E-state index contributed by atoms with van der Waals surface area (Å²) in [6.07, 6.45) is 5.29. The number of nitrogens with one attached hydrogen (secondary N) is 1. The van der Waals surface area contributed by atoms with Crippen LogP contribution in [-0.2, 0) is 4.79 Å². The van der Waals surface area contributed by atoms with Crippen molar-refractivity contribution >= 4 is 17.5 Å². The predicted octanol–water partition coefficient (Wildman–Crippen LogP) is 2.23. The topological polar surface area (TPSA) is 45.5 Å². The van der Waals surface area contributed by atoms with Gasteiger partial charge in [-0.15, -0.1) is 0 Å². The van der Waals surface area contributed by atoms with Crippen LogP contribution in [0.15, 0.2) is 16.7 Å². The van der Waals surface area contributed by atoms with Gasteiger partial charge in [0.1, 0.15) is 0 Å². The van der Waals surface area contributed by atoms with Crippen LogP contribution in [0.1, 0.15) is 26.2 Å². The molecule has 1 saturated carbocycles. The molecular weight excluding hydrogens is 204 g/mol. The molecule has 1 aromatic rings. The smallest absolute Gasteiger partial charge is 0.226 e. The molecule has 1 amide bonds. The van der Waals surface area contributed by atoms with E-state index in [1.807, 2.05) is 6.07 Å². The van der Waals surface area contributed by atoms with Gasteiger partial charge in [-0.3, -0.25) is 9.69 Å². The van der Waals surface area contributed by atoms with Crippen molar-refractivity contribution < 1.29 is 9.21 Å². The quantitative estimate of drug-likeness (QED) is 0.729. The second-order valence-corrected chi connectivity index (χ2v) is 4.71. The number of rotatable bonds is 0. The highest BCUT2D eigenvalue weighted by molar-refractivity contribution is 5.93. The van der Waals surface area contributed by atoms with Crippen molar-refractivity contribution in [3.05, 3.63) is 12.3 Å². The fourth-order valence-electron chi connectivity index (χ4n) is 2.85. The Morgan fingerprint density at radius 3 is 3.25 bits per heavy atom. The van der Waals surface area contributed by atoms with Gasteiger partial charge in [0.05, 0.1) is 12.0 Å². The highest BCUT2D eigenvalue weighted by Gasteiger charge is 2.35. The maximum atomic E-state index is 11.6. The summed E-state index contributed by atoms with van der Waals surface area (Å²) in [6.45, 7) is 2.38. The first-order valence-electron chi connectivity index (χ1n) is 5.88. The molecule has 0 bridgehead atoms. The van der Waals surface area contributed by atoms with Crippen molar-refractivity contribution in [2.45, 2.75) is 32.2 Å². The number of amides is 1. The van der Waals surface area contributed by atoms with Crippen molar-refractivity contribution in [2.75, 3.05) is 16.8 Å². The number of hydrogen-bond donors (Lipinski definition) is 1. The van der Waals surface area contributed by atoms with Crippen LogP contribution in [0.5, 0.6) is 0 Å².